The molecule has 2 aromatic carbocycles. The van der Waals surface area contributed by atoms with Crippen LogP contribution < -0.4 is 0 Å². The fraction of sp³-hybridized carbons (Fsp3) is 0.333. The van der Waals surface area contributed by atoms with Gasteiger partial charge >= 0.3 is 0 Å². The minimum atomic E-state index is -0.693. The molecule has 0 heterocycles. The molecule has 3 nitrogen and oxygen atoms in total. The molecule has 2 aromatic rings. The standard InChI is InChI=1S/C15H17BrO3/c16-15-6-5-11(10-19-8-7-12(18)9-17)13-3-1-2-4-14(13)15/h1-6,12,17-18H,7-10H2/t12-/m0/s1. The third-order valence-corrected chi connectivity index (χ3v) is 3.72. The quantitative estimate of drug-likeness (QED) is 0.803. The summed E-state index contributed by atoms with van der Waals surface area (Å²) in [6.07, 6.45) is -0.244. The molecule has 0 bridgehead atoms. The summed E-state index contributed by atoms with van der Waals surface area (Å²) in [5.41, 5.74) is 1.12. The van der Waals surface area contributed by atoms with Gasteiger partial charge in [-0.15, -0.1) is 0 Å². The number of hydrogen-bond donors (Lipinski definition) is 2. The smallest absolute Gasteiger partial charge is 0.0792 e. The van der Waals surface area contributed by atoms with Crippen molar-refractivity contribution >= 4 is 26.7 Å². The van der Waals surface area contributed by atoms with Crippen molar-refractivity contribution in [1.82, 2.24) is 0 Å². The van der Waals surface area contributed by atoms with E-state index < -0.39 is 6.10 Å². The number of hydrogen-bond acceptors (Lipinski definition) is 3. The fourth-order valence-corrected chi connectivity index (χ4v) is 2.42. The Bertz CT molecular complexity index is 542. The van der Waals surface area contributed by atoms with Gasteiger partial charge in [-0.2, -0.15) is 0 Å². The summed E-state index contributed by atoms with van der Waals surface area (Å²) in [6, 6.07) is 12.2. The SMILES string of the molecule is OC[C@@H](O)CCOCc1ccc(Br)c2ccccc12. The lowest BCUT2D eigenvalue weighted by atomic mass is 10.1. The van der Waals surface area contributed by atoms with Crippen molar-refractivity contribution in [3.05, 3.63) is 46.4 Å². The Morgan fingerprint density at radius 2 is 1.84 bits per heavy atom. The van der Waals surface area contributed by atoms with Crippen LogP contribution in [-0.4, -0.2) is 29.5 Å². The van der Waals surface area contributed by atoms with Crippen LogP contribution in [-0.2, 0) is 11.3 Å². The lowest BCUT2D eigenvalue weighted by Crippen LogP contribution is -2.14. The van der Waals surface area contributed by atoms with Crippen molar-refractivity contribution in [3.8, 4) is 0 Å². The molecule has 102 valence electrons. The van der Waals surface area contributed by atoms with E-state index in [1.54, 1.807) is 0 Å². The highest BCUT2D eigenvalue weighted by Crippen LogP contribution is 2.27. The lowest BCUT2D eigenvalue weighted by Gasteiger charge is -2.10. The maximum atomic E-state index is 9.23. The van der Waals surface area contributed by atoms with Crippen LogP contribution in [0.1, 0.15) is 12.0 Å². The lowest BCUT2D eigenvalue weighted by molar-refractivity contribution is 0.0438. The minimum absolute atomic E-state index is 0.218. The van der Waals surface area contributed by atoms with Gasteiger partial charge in [-0.05, 0) is 28.8 Å². The maximum Gasteiger partial charge on any atom is 0.0792 e. The third-order valence-electron chi connectivity index (χ3n) is 3.02. The molecule has 19 heavy (non-hydrogen) atoms. The average molecular weight is 325 g/mol. The molecule has 0 radical (unpaired) electrons. The van der Waals surface area contributed by atoms with E-state index in [0.29, 0.717) is 19.6 Å². The Morgan fingerprint density at radius 3 is 2.58 bits per heavy atom. The van der Waals surface area contributed by atoms with E-state index in [-0.39, 0.29) is 6.61 Å². The van der Waals surface area contributed by atoms with Crippen LogP contribution in [0, 0.1) is 0 Å². The second kappa shape index (κ2) is 7.01. The first kappa shape index (κ1) is 14.5. The van der Waals surface area contributed by atoms with Crippen LogP contribution in [0.5, 0.6) is 0 Å². The number of aliphatic hydroxyl groups is 2. The molecule has 0 aliphatic rings. The van der Waals surface area contributed by atoms with Gasteiger partial charge in [-0.25, -0.2) is 0 Å². The number of fused-ring (bicyclic) bond motifs is 1. The monoisotopic (exact) mass is 324 g/mol. The van der Waals surface area contributed by atoms with Crippen molar-refractivity contribution in [2.24, 2.45) is 0 Å². The summed E-state index contributed by atoms with van der Waals surface area (Å²) in [6.45, 7) is 0.725. The first-order valence-corrected chi connectivity index (χ1v) is 7.04. The molecule has 0 aliphatic carbocycles. The van der Waals surface area contributed by atoms with E-state index in [2.05, 4.69) is 28.1 Å². The fourth-order valence-electron chi connectivity index (χ4n) is 1.94. The highest BCUT2D eigenvalue weighted by Gasteiger charge is 2.05. The molecule has 2 N–H and O–H groups in total. The second-order valence-corrected chi connectivity index (χ2v) is 5.28. The Hall–Kier alpha value is -0.940. The molecule has 0 aliphatic heterocycles. The first-order chi connectivity index (χ1) is 9.22. The predicted molar refractivity (Wildman–Crippen MR) is 79.0 cm³/mol. The van der Waals surface area contributed by atoms with Crippen molar-refractivity contribution in [1.29, 1.82) is 0 Å². The van der Waals surface area contributed by atoms with Gasteiger partial charge in [-0.1, -0.05) is 46.3 Å². The van der Waals surface area contributed by atoms with Crippen LogP contribution in [0.4, 0.5) is 0 Å². The summed E-state index contributed by atoms with van der Waals surface area (Å²) in [5, 5.41) is 20.3. The molecule has 0 aromatic heterocycles. The topological polar surface area (TPSA) is 49.7 Å². The summed E-state index contributed by atoms with van der Waals surface area (Å²) in [5.74, 6) is 0. The van der Waals surface area contributed by atoms with Crippen molar-refractivity contribution in [2.45, 2.75) is 19.1 Å². The molecular weight excluding hydrogens is 308 g/mol. The number of rotatable bonds is 6. The van der Waals surface area contributed by atoms with E-state index in [1.165, 1.54) is 10.8 Å². The van der Waals surface area contributed by atoms with Crippen molar-refractivity contribution < 1.29 is 14.9 Å². The molecule has 0 fully saturated rings. The number of halogens is 1. The van der Waals surface area contributed by atoms with E-state index in [0.717, 1.165) is 10.0 Å². The van der Waals surface area contributed by atoms with Gasteiger partial charge < -0.3 is 14.9 Å². The Morgan fingerprint density at radius 1 is 1.11 bits per heavy atom. The minimum Gasteiger partial charge on any atom is -0.394 e. The third kappa shape index (κ3) is 3.76. The molecule has 0 unspecified atom stereocenters. The van der Waals surface area contributed by atoms with Crippen molar-refractivity contribution in [3.63, 3.8) is 0 Å². The maximum absolute atomic E-state index is 9.23. The van der Waals surface area contributed by atoms with Gasteiger partial charge in [-0.3, -0.25) is 0 Å². The molecule has 0 spiro atoms. The number of ether oxygens (including phenoxy) is 1. The van der Waals surface area contributed by atoms with E-state index in [9.17, 15) is 5.11 Å². The first-order valence-electron chi connectivity index (χ1n) is 6.25. The van der Waals surface area contributed by atoms with E-state index >= 15 is 0 Å². The summed E-state index contributed by atoms with van der Waals surface area (Å²) in [7, 11) is 0. The second-order valence-electron chi connectivity index (χ2n) is 4.43. The summed E-state index contributed by atoms with van der Waals surface area (Å²) >= 11 is 3.54. The van der Waals surface area contributed by atoms with Gasteiger partial charge in [0.15, 0.2) is 0 Å². The van der Waals surface area contributed by atoms with Gasteiger partial charge in [0.1, 0.15) is 0 Å². The largest absolute Gasteiger partial charge is 0.394 e. The molecule has 4 heteroatoms. The molecule has 2 rings (SSSR count). The molecule has 0 saturated heterocycles. The highest BCUT2D eigenvalue weighted by molar-refractivity contribution is 9.10. The van der Waals surface area contributed by atoms with Crippen molar-refractivity contribution in [2.75, 3.05) is 13.2 Å². The van der Waals surface area contributed by atoms with Crippen LogP contribution in [0.3, 0.4) is 0 Å². The van der Waals surface area contributed by atoms with E-state index in [1.807, 2.05) is 24.3 Å². The van der Waals surface area contributed by atoms with Crippen LogP contribution in [0.25, 0.3) is 10.8 Å². The normalized spacial score (nSPS) is 12.8. The Balaban J connectivity index is 2.03. The molecule has 0 saturated carbocycles. The highest BCUT2D eigenvalue weighted by atomic mass is 79.9. The molecule has 0 amide bonds. The average Bonchev–Trinajstić information content (AvgIpc) is 2.45. The Kier molecular flexibility index (Phi) is 5.34. The van der Waals surface area contributed by atoms with Crippen LogP contribution in [0.2, 0.25) is 0 Å². The zero-order valence-corrected chi connectivity index (χ0v) is 12.1. The van der Waals surface area contributed by atoms with E-state index in [4.69, 9.17) is 9.84 Å². The van der Waals surface area contributed by atoms with Gasteiger partial charge in [0.25, 0.3) is 0 Å². The zero-order valence-electron chi connectivity index (χ0n) is 10.6. The summed E-state index contributed by atoms with van der Waals surface area (Å²) < 4.78 is 6.63. The molecule has 1 atom stereocenters. The number of benzene rings is 2. The zero-order chi connectivity index (χ0) is 13.7. The van der Waals surface area contributed by atoms with Gasteiger partial charge in [0, 0.05) is 11.1 Å². The molecular formula is C15H17BrO3. The Labute approximate surface area is 121 Å². The van der Waals surface area contributed by atoms with Gasteiger partial charge in [0.2, 0.25) is 0 Å². The van der Waals surface area contributed by atoms with Crippen LogP contribution in [0.15, 0.2) is 40.9 Å². The van der Waals surface area contributed by atoms with Gasteiger partial charge in [0.05, 0.1) is 19.3 Å². The number of aliphatic hydroxyl groups excluding tert-OH is 2. The van der Waals surface area contributed by atoms with Crippen LogP contribution >= 0.6 is 15.9 Å². The summed E-state index contributed by atoms with van der Waals surface area (Å²) in [4.78, 5) is 0. The predicted octanol–water partition coefficient (Wildman–Crippen LogP) is 2.86.